The molecular formula is C35H26ClF3N2O5S. The highest BCUT2D eigenvalue weighted by atomic mass is 35.5. The summed E-state index contributed by atoms with van der Waals surface area (Å²) in [7, 11) is 1.49. The summed E-state index contributed by atoms with van der Waals surface area (Å²) in [6, 6.07) is 23.3. The normalized spacial score (nSPS) is 14.9. The maximum atomic E-state index is 14.5. The molecule has 0 saturated carbocycles. The van der Waals surface area contributed by atoms with Crippen molar-refractivity contribution in [2.75, 3.05) is 13.7 Å². The van der Waals surface area contributed by atoms with Crippen LogP contribution < -0.4 is 24.4 Å². The number of aromatic nitrogens is 1. The van der Waals surface area contributed by atoms with Crippen molar-refractivity contribution < 1.29 is 32.2 Å². The van der Waals surface area contributed by atoms with Crippen molar-refractivity contribution in [1.82, 2.24) is 4.57 Å². The molecule has 0 unspecified atom stereocenters. The number of benzene rings is 4. The van der Waals surface area contributed by atoms with Gasteiger partial charge in [-0.1, -0.05) is 89.7 Å². The summed E-state index contributed by atoms with van der Waals surface area (Å²) in [6.07, 6.45) is -3.50. The SMILES string of the molecule is CCOC(=O)C1=C(C(F)(F)F)N=c2s/c(=C\c3cccc(OC)c3OCc3cccc4ccccc34)c(=O)n2[C@@H]1c1ccc(Cl)cc1. The summed E-state index contributed by atoms with van der Waals surface area (Å²) in [5.74, 6) is -0.490. The molecule has 47 heavy (non-hydrogen) atoms. The fourth-order valence-electron chi connectivity index (χ4n) is 5.47. The predicted molar refractivity (Wildman–Crippen MR) is 174 cm³/mol. The molecule has 0 spiro atoms. The number of hydrogen-bond donors (Lipinski definition) is 0. The van der Waals surface area contributed by atoms with Gasteiger partial charge in [-0.05, 0) is 53.1 Å². The molecule has 1 aliphatic rings. The average molecular weight is 679 g/mol. The van der Waals surface area contributed by atoms with Crippen LogP contribution in [0, 0.1) is 0 Å². The van der Waals surface area contributed by atoms with Crippen LogP contribution in [0.3, 0.4) is 0 Å². The molecule has 1 aliphatic heterocycles. The lowest BCUT2D eigenvalue weighted by Gasteiger charge is -2.26. The van der Waals surface area contributed by atoms with Gasteiger partial charge >= 0.3 is 12.1 Å². The Hall–Kier alpha value is -4.87. The number of rotatable bonds is 8. The summed E-state index contributed by atoms with van der Waals surface area (Å²) >= 11 is 6.83. The van der Waals surface area contributed by atoms with E-state index in [-0.39, 0.29) is 28.1 Å². The monoisotopic (exact) mass is 678 g/mol. The van der Waals surface area contributed by atoms with E-state index in [1.165, 1.54) is 44.4 Å². The van der Waals surface area contributed by atoms with Gasteiger partial charge in [-0.2, -0.15) is 13.2 Å². The molecule has 2 heterocycles. The van der Waals surface area contributed by atoms with E-state index < -0.39 is 35.0 Å². The molecule has 1 aromatic heterocycles. The highest BCUT2D eigenvalue weighted by Crippen LogP contribution is 2.39. The molecule has 0 amide bonds. The maximum absolute atomic E-state index is 14.5. The molecule has 0 aliphatic carbocycles. The van der Waals surface area contributed by atoms with Gasteiger partial charge in [0.1, 0.15) is 6.61 Å². The van der Waals surface area contributed by atoms with Crippen LogP contribution in [-0.2, 0) is 16.1 Å². The molecule has 0 saturated heterocycles. The van der Waals surface area contributed by atoms with Gasteiger partial charge in [-0.25, -0.2) is 9.79 Å². The summed E-state index contributed by atoms with van der Waals surface area (Å²) < 4.78 is 61.4. The fraction of sp³-hybridized carbons (Fsp3) is 0.171. The van der Waals surface area contributed by atoms with Crippen molar-refractivity contribution in [3.8, 4) is 11.5 Å². The van der Waals surface area contributed by atoms with Crippen LogP contribution in [0.4, 0.5) is 13.2 Å². The van der Waals surface area contributed by atoms with Crippen LogP contribution in [-0.4, -0.2) is 30.4 Å². The van der Waals surface area contributed by atoms with Crippen LogP contribution in [0.1, 0.15) is 29.7 Å². The Bertz CT molecular complexity index is 2200. The summed E-state index contributed by atoms with van der Waals surface area (Å²) in [6.45, 7) is 1.48. The van der Waals surface area contributed by atoms with Gasteiger partial charge in [0, 0.05) is 10.6 Å². The summed E-state index contributed by atoms with van der Waals surface area (Å²) in [5.41, 5.74) is -1.26. The van der Waals surface area contributed by atoms with E-state index in [0.29, 0.717) is 22.1 Å². The second-order valence-electron chi connectivity index (χ2n) is 10.4. The molecule has 7 nitrogen and oxygen atoms in total. The fourth-order valence-corrected chi connectivity index (χ4v) is 6.59. The zero-order chi connectivity index (χ0) is 33.3. The lowest BCUT2D eigenvalue weighted by Crippen LogP contribution is -2.41. The van der Waals surface area contributed by atoms with Crippen molar-refractivity contribution in [1.29, 1.82) is 0 Å². The number of halogens is 4. The smallest absolute Gasteiger partial charge is 0.434 e. The number of allylic oxidation sites excluding steroid dienone is 1. The molecular weight excluding hydrogens is 653 g/mol. The highest BCUT2D eigenvalue weighted by molar-refractivity contribution is 7.07. The number of methoxy groups -OCH3 is 1. The minimum Gasteiger partial charge on any atom is -0.493 e. The molecule has 4 aromatic carbocycles. The van der Waals surface area contributed by atoms with Gasteiger partial charge in [0.05, 0.1) is 29.9 Å². The first-order chi connectivity index (χ1) is 22.6. The third kappa shape index (κ3) is 6.28. The van der Waals surface area contributed by atoms with E-state index in [2.05, 4.69) is 4.99 Å². The lowest BCUT2D eigenvalue weighted by atomic mass is 9.95. The van der Waals surface area contributed by atoms with Crippen LogP contribution in [0.15, 0.2) is 106 Å². The van der Waals surface area contributed by atoms with Crippen LogP contribution in [0.25, 0.3) is 16.8 Å². The number of hydrogen-bond acceptors (Lipinski definition) is 7. The minimum atomic E-state index is -5.02. The number of thiazole rings is 1. The summed E-state index contributed by atoms with van der Waals surface area (Å²) in [4.78, 5) is 30.7. The van der Waals surface area contributed by atoms with Crippen LogP contribution >= 0.6 is 22.9 Å². The van der Waals surface area contributed by atoms with Gasteiger partial charge in [0.2, 0.25) is 0 Å². The first-order valence-corrected chi connectivity index (χ1v) is 15.6. The first-order valence-electron chi connectivity index (χ1n) is 14.4. The molecule has 12 heteroatoms. The molecule has 0 bridgehead atoms. The molecule has 0 N–H and O–H groups in total. The first kappa shape index (κ1) is 32.1. The number of fused-ring (bicyclic) bond motifs is 2. The Labute approximate surface area is 275 Å². The quantitative estimate of drug-likeness (QED) is 0.170. The topological polar surface area (TPSA) is 79.1 Å². The standard InChI is InChI=1S/C35H26ClF3N2O5S/c1-3-45-33(43)28-29(21-14-16-24(36)17-15-21)41-32(42)27(47-34(41)40-31(28)35(37,38)39)18-22-10-7-13-26(44-2)30(22)46-19-23-11-6-9-20-8-4-5-12-25(20)23/h4-18,29H,3,19H2,1-2H3/b27-18-/t29-/m1/s1. The van der Waals surface area contributed by atoms with E-state index in [0.717, 1.165) is 32.2 Å². The van der Waals surface area contributed by atoms with Gasteiger partial charge in [0.15, 0.2) is 22.0 Å². The molecule has 1 atom stereocenters. The van der Waals surface area contributed by atoms with Crippen molar-refractivity contribution in [2.45, 2.75) is 25.7 Å². The van der Waals surface area contributed by atoms with Crippen LogP contribution in [0.2, 0.25) is 5.02 Å². The summed E-state index contributed by atoms with van der Waals surface area (Å²) in [5, 5.41) is 2.39. The molecule has 0 fully saturated rings. The van der Waals surface area contributed by atoms with E-state index in [9.17, 15) is 22.8 Å². The minimum absolute atomic E-state index is 0.0672. The second-order valence-corrected chi connectivity index (χ2v) is 11.9. The number of ether oxygens (including phenoxy) is 3. The third-order valence-corrected chi connectivity index (χ3v) is 8.78. The Morgan fingerprint density at radius 2 is 1.74 bits per heavy atom. The number of nitrogens with zero attached hydrogens (tertiary/aromatic N) is 2. The van der Waals surface area contributed by atoms with Gasteiger partial charge in [0.25, 0.3) is 5.56 Å². The van der Waals surface area contributed by atoms with E-state index in [1.54, 1.807) is 18.2 Å². The zero-order valence-corrected chi connectivity index (χ0v) is 26.6. The van der Waals surface area contributed by atoms with Gasteiger partial charge in [-0.15, -0.1) is 0 Å². The van der Waals surface area contributed by atoms with Crippen molar-refractivity contribution in [3.05, 3.63) is 138 Å². The highest BCUT2D eigenvalue weighted by Gasteiger charge is 2.45. The number of esters is 1. The van der Waals surface area contributed by atoms with Crippen molar-refractivity contribution >= 4 is 45.8 Å². The van der Waals surface area contributed by atoms with Gasteiger partial charge < -0.3 is 14.2 Å². The molecule has 5 aromatic rings. The van der Waals surface area contributed by atoms with Crippen molar-refractivity contribution in [2.24, 2.45) is 4.99 Å². The van der Waals surface area contributed by atoms with E-state index >= 15 is 0 Å². The number of para-hydroxylation sites is 1. The molecule has 6 rings (SSSR count). The Kier molecular flexibility index (Phi) is 8.94. The molecule has 240 valence electrons. The Balaban J connectivity index is 1.51. The lowest BCUT2D eigenvalue weighted by molar-refractivity contribution is -0.140. The van der Waals surface area contributed by atoms with E-state index in [1.807, 2.05) is 42.5 Å². The van der Waals surface area contributed by atoms with E-state index in [4.69, 9.17) is 25.8 Å². The van der Waals surface area contributed by atoms with Crippen molar-refractivity contribution in [3.63, 3.8) is 0 Å². The largest absolute Gasteiger partial charge is 0.493 e. The molecule has 0 radical (unpaired) electrons. The number of alkyl halides is 3. The Morgan fingerprint density at radius 3 is 2.47 bits per heavy atom. The van der Waals surface area contributed by atoms with Crippen LogP contribution in [0.5, 0.6) is 11.5 Å². The third-order valence-electron chi connectivity index (χ3n) is 7.55. The van der Waals surface area contributed by atoms with Gasteiger partial charge in [-0.3, -0.25) is 9.36 Å². The Morgan fingerprint density at radius 1 is 1.02 bits per heavy atom. The second kappa shape index (κ2) is 13.1. The number of carbonyl (C=O) groups excluding carboxylic acids is 1. The maximum Gasteiger partial charge on any atom is 0.434 e. The zero-order valence-electron chi connectivity index (χ0n) is 25.0. The number of carbonyl (C=O) groups is 1. The predicted octanol–water partition coefficient (Wildman–Crippen LogP) is 6.73. The average Bonchev–Trinajstić information content (AvgIpc) is 3.37.